The van der Waals surface area contributed by atoms with Crippen LogP contribution in [0.2, 0.25) is 0 Å². The van der Waals surface area contributed by atoms with E-state index < -0.39 is 0 Å². The highest BCUT2D eigenvalue weighted by atomic mass is 32.2. The fourth-order valence-corrected chi connectivity index (χ4v) is 6.02. The van der Waals surface area contributed by atoms with Gasteiger partial charge in [-0.3, -0.25) is 11.6 Å². The van der Waals surface area contributed by atoms with Gasteiger partial charge in [0, 0.05) is 12.8 Å². The van der Waals surface area contributed by atoms with Gasteiger partial charge < -0.3 is 4.28 Å². The zero-order valence-electron chi connectivity index (χ0n) is 15.3. The van der Waals surface area contributed by atoms with Crippen LogP contribution in [0.25, 0.3) is 0 Å². The largest absolute Gasteiger partial charge is 0.667 e. The molecule has 1 fully saturated rings. The van der Waals surface area contributed by atoms with Gasteiger partial charge in [-0.2, -0.15) is 0 Å². The van der Waals surface area contributed by atoms with Crippen LogP contribution in [0.5, 0.6) is 0 Å². The second-order valence-corrected chi connectivity index (χ2v) is 8.40. The lowest BCUT2D eigenvalue weighted by molar-refractivity contribution is 0.0693. The molecule has 0 N–H and O–H groups in total. The van der Waals surface area contributed by atoms with Gasteiger partial charge in [-0.05, 0) is 16.7 Å². The van der Waals surface area contributed by atoms with E-state index in [2.05, 4.69) is 107 Å². The lowest BCUT2D eigenvalue weighted by Crippen LogP contribution is -2.29. The van der Waals surface area contributed by atoms with E-state index >= 15 is 0 Å². The lowest BCUT2D eigenvalue weighted by atomic mass is 9.84. The highest BCUT2D eigenvalue weighted by Crippen LogP contribution is 2.48. The van der Waals surface area contributed by atoms with E-state index in [1.165, 1.54) is 42.7 Å². The molecule has 0 unspecified atom stereocenters. The van der Waals surface area contributed by atoms with Crippen molar-refractivity contribution in [2.75, 3.05) is 13.2 Å². The summed E-state index contributed by atoms with van der Waals surface area (Å²) < 4.78 is 3.43. The van der Waals surface area contributed by atoms with Gasteiger partial charge in [0.1, 0.15) is 0 Å². The van der Waals surface area contributed by atoms with Crippen molar-refractivity contribution < 1.29 is 4.28 Å². The molecule has 0 radical (unpaired) electrons. The number of hydrogen-bond acceptors (Lipinski definition) is 1. The van der Waals surface area contributed by atoms with Crippen LogP contribution in [0.1, 0.15) is 29.5 Å². The van der Waals surface area contributed by atoms with E-state index in [1.807, 2.05) is 0 Å². The van der Waals surface area contributed by atoms with Crippen LogP contribution in [-0.2, 0) is 9.03 Å². The van der Waals surface area contributed by atoms with Crippen molar-refractivity contribution in [1.82, 2.24) is 0 Å². The Bertz CT molecular complexity index is 705. The van der Waals surface area contributed by atoms with Crippen molar-refractivity contribution in [3.8, 4) is 0 Å². The molecule has 1 aliphatic heterocycles. The van der Waals surface area contributed by atoms with Gasteiger partial charge in [0.15, 0.2) is 0 Å². The Morgan fingerprint density at radius 3 is 1.38 bits per heavy atom. The summed E-state index contributed by atoms with van der Waals surface area (Å²) in [5.41, 5.74) is 4.10. The average Bonchev–Trinajstić information content (AvgIpc) is 3.25. The third kappa shape index (κ3) is 3.47. The van der Waals surface area contributed by atoms with Crippen molar-refractivity contribution in [3.05, 3.63) is 108 Å². The molecule has 3 heteroatoms. The van der Waals surface area contributed by atoms with E-state index in [0.29, 0.717) is 0 Å². The van der Waals surface area contributed by atoms with Gasteiger partial charge in [0.25, 0.3) is 0 Å². The Labute approximate surface area is 161 Å². The standard InChI is InChI=1S/C23H25BOS/c1-4-12-20(13-5-1)23(21-14-6-2-7-15-21,22-16-8-3-9-17-22)26-24-25-18-10-11-19-25/h1-9,12-17H,10-11,18-19,24H2. The summed E-state index contributed by atoms with van der Waals surface area (Å²) in [5, 5.41) is 0. The molecule has 0 atom stereocenters. The Kier molecular flexibility index (Phi) is 5.47. The molecule has 0 aromatic heterocycles. The summed E-state index contributed by atoms with van der Waals surface area (Å²) in [6.07, 6.45) is 2.65. The first-order valence-electron chi connectivity index (χ1n) is 9.58. The van der Waals surface area contributed by atoms with E-state index in [9.17, 15) is 0 Å². The predicted molar refractivity (Wildman–Crippen MR) is 115 cm³/mol. The van der Waals surface area contributed by atoms with Crippen molar-refractivity contribution in [2.45, 2.75) is 17.6 Å². The molecule has 3 aromatic carbocycles. The van der Waals surface area contributed by atoms with Crippen LogP contribution in [-0.4, -0.2) is 20.0 Å². The predicted octanol–water partition coefficient (Wildman–Crippen LogP) is 5.06. The van der Waals surface area contributed by atoms with Crippen LogP contribution in [0.3, 0.4) is 0 Å². The zero-order chi connectivity index (χ0) is 17.7. The molecular formula is C23H25BOS. The highest BCUT2D eigenvalue weighted by molar-refractivity contribution is 8.22. The smallest absolute Gasteiger partial charge is 0.325 e. The Hall–Kier alpha value is -1.97. The summed E-state index contributed by atoms with van der Waals surface area (Å²) in [4.78, 5) is 0. The van der Waals surface area contributed by atoms with Gasteiger partial charge in [0.05, 0.1) is 18.0 Å². The zero-order valence-corrected chi connectivity index (χ0v) is 16.1. The average molecular weight is 360 g/mol. The van der Waals surface area contributed by atoms with Gasteiger partial charge in [-0.25, -0.2) is 0 Å². The van der Waals surface area contributed by atoms with Gasteiger partial charge in [-0.15, -0.1) is 0 Å². The lowest BCUT2D eigenvalue weighted by Gasteiger charge is -2.40. The van der Waals surface area contributed by atoms with Crippen LogP contribution in [0.15, 0.2) is 91.0 Å². The van der Waals surface area contributed by atoms with Crippen LogP contribution in [0, 0.1) is 0 Å². The van der Waals surface area contributed by atoms with E-state index in [0.717, 1.165) is 0 Å². The number of hydrogen-bond donors (Lipinski definition) is 0. The van der Waals surface area contributed by atoms with Gasteiger partial charge >= 0.3 is 6.76 Å². The quantitative estimate of drug-likeness (QED) is 0.337. The minimum atomic E-state index is -0.336. The summed E-state index contributed by atoms with van der Waals surface area (Å²) >= 11 is 2.14. The molecule has 4 rings (SSSR count). The fourth-order valence-electron chi connectivity index (χ4n) is 4.08. The Morgan fingerprint density at radius 2 is 1.00 bits per heavy atom. The first kappa shape index (κ1) is 17.4. The van der Waals surface area contributed by atoms with Crippen molar-refractivity contribution >= 4 is 18.4 Å². The summed E-state index contributed by atoms with van der Waals surface area (Å²) in [5.74, 6) is 0. The van der Waals surface area contributed by atoms with E-state index in [-0.39, 0.29) is 11.5 Å². The van der Waals surface area contributed by atoms with E-state index in [1.54, 1.807) is 0 Å². The molecular weight excluding hydrogens is 335 g/mol. The van der Waals surface area contributed by atoms with Crippen LogP contribution in [0.4, 0.5) is 0 Å². The summed E-state index contributed by atoms with van der Waals surface area (Å²) in [6, 6.07) is 33.0. The molecule has 0 amide bonds. The monoisotopic (exact) mass is 360 g/mol. The molecule has 1 heterocycles. The molecule has 0 aliphatic carbocycles. The fraction of sp³-hybridized carbons (Fsp3) is 0.217. The molecule has 0 spiro atoms. The molecule has 132 valence electrons. The number of rotatable bonds is 6. The maximum atomic E-state index is 3.58. The third-order valence-corrected chi connectivity index (χ3v) is 7.36. The summed E-state index contributed by atoms with van der Waals surface area (Å²) in [6.45, 7) is 2.06. The van der Waals surface area contributed by atoms with Crippen molar-refractivity contribution in [2.24, 2.45) is 0 Å². The SMILES string of the molecule is [BH2-](SC(c1ccccc1)(c1ccccc1)c1ccccc1)[O+]1CCCC1. The Morgan fingerprint density at radius 1 is 0.615 bits per heavy atom. The second-order valence-electron chi connectivity index (χ2n) is 7.05. The third-order valence-electron chi connectivity index (χ3n) is 5.40. The minimum Gasteiger partial charge on any atom is -0.667 e. The molecule has 1 saturated heterocycles. The number of benzene rings is 3. The van der Waals surface area contributed by atoms with Crippen molar-refractivity contribution in [3.63, 3.8) is 0 Å². The molecule has 0 saturated carbocycles. The Balaban J connectivity index is 1.84. The molecule has 26 heavy (non-hydrogen) atoms. The first-order valence-corrected chi connectivity index (χ1v) is 10.8. The maximum Gasteiger partial charge on any atom is 0.325 e. The maximum absolute atomic E-state index is 3.58. The molecule has 0 bridgehead atoms. The highest BCUT2D eigenvalue weighted by Gasteiger charge is 2.35. The molecule has 1 aliphatic rings. The molecule has 3 aromatic rings. The van der Waals surface area contributed by atoms with Crippen LogP contribution < -0.4 is 0 Å². The second kappa shape index (κ2) is 8.15. The molecule has 1 nitrogen and oxygen atoms in total. The first-order chi connectivity index (χ1) is 12.9. The van der Waals surface area contributed by atoms with Gasteiger partial charge in [0.2, 0.25) is 0 Å². The van der Waals surface area contributed by atoms with Gasteiger partial charge in [-0.1, -0.05) is 91.0 Å². The van der Waals surface area contributed by atoms with E-state index in [4.69, 9.17) is 0 Å². The minimum absolute atomic E-state index is 0.153. The topological polar surface area (TPSA) is 2.70 Å². The summed E-state index contributed by atoms with van der Waals surface area (Å²) in [7, 11) is 0. The van der Waals surface area contributed by atoms with Crippen molar-refractivity contribution in [1.29, 1.82) is 0 Å². The normalized spacial score (nSPS) is 15.2. The van der Waals surface area contributed by atoms with Crippen LogP contribution >= 0.6 is 11.6 Å².